The van der Waals surface area contributed by atoms with Crippen LogP contribution in [-0.4, -0.2) is 48.6 Å². The van der Waals surface area contributed by atoms with E-state index in [2.05, 4.69) is 17.3 Å². The van der Waals surface area contributed by atoms with E-state index < -0.39 is 5.97 Å². The van der Waals surface area contributed by atoms with Crippen molar-refractivity contribution in [3.8, 4) is 0 Å². The zero-order valence-electron chi connectivity index (χ0n) is 12.0. The van der Waals surface area contributed by atoms with Gasteiger partial charge in [0.1, 0.15) is 0 Å². The summed E-state index contributed by atoms with van der Waals surface area (Å²) in [6, 6.07) is 1.72. The molecule has 21 heavy (non-hydrogen) atoms. The van der Waals surface area contributed by atoms with Gasteiger partial charge in [0.25, 0.3) is 5.91 Å². The second-order valence-corrected chi connectivity index (χ2v) is 6.31. The lowest BCUT2D eigenvalue weighted by Crippen LogP contribution is -2.36. The van der Waals surface area contributed by atoms with E-state index in [1.54, 1.807) is 11.4 Å². The number of nitrogens with zero attached hydrogens (tertiary/aromatic N) is 1. The molecular formula is C15H20N2O3S. The maximum atomic E-state index is 12.0. The predicted octanol–water partition coefficient (Wildman–Crippen LogP) is 1.92. The van der Waals surface area contributed by atoms with Gasteiger partial charge in [-0.25, -0.2) is 4.79 Å². The van der Waals surface area contributed by atoms with Crippen LogP contribution in [0.2, 0.25) is 0 Å². The molecule has 0 atom stereocenters. The Morgan fingerprint density at radius 2 is 2.19 bits per heavy atom. The number of carboxylic acids is 1. The molecule has 0 saturated carbocycles. The highest BCUT2D eigenvalue weighted by molar-refractivity contribution is 7.11. The normalized spacial score (nSPS) is 17.2. The molecule has 6 heteroatoms. The number of rotatable bonds is 5. The molecule has 2 N–H and O–H groups in total. The molecule has 5 nitrogen and oxygen atoms in total. The summed E-state index contributed by atoms with van der Waals surface area (Å²) in [5.74, 6) is -0.521. The van der Waals surface area contributed by atoms with Crippen LogP contribution in [0.25, 0.3) is 6.08 Å². The number of likely N-dealkylation sites (tertiary alicyclic amines) is 1. The van der Waals surface area contributed by atoms with E-state index in [9.17, 15) is 9.59 Å². The third-order valence-electron chi connectivity index (χ3n) is 3.66. The lowest BCUT2D eigenvalue weighted by molar-refractivity contribution is -0.131. The van der Waals surface area contributed by atoms with E-state index in [1.807, 2.05) is 0 Å². The summed E-state index contributed by atoms with van der Waals surface area (Å²) in [5.41, 5.74) is 0.595. The number of nitrogens with one attached hydrogen (secondary N) is 1. The summed E-state index contributed by atoms with van der Waals surface area (Å²) in [6.45, 7) is 2.88. The highest BCUT2D eigenvalue weighted by Crippen LogP contribution is 2.18. The molecule has 1 aromatic rings. The van der Waals surface area contributed by atoms with Gasteiger partial charge in [-0.1, -0.05) is 0 Å². The van der Waals surface area contributed by atoms with Gasteiger partial charge in [-0.05, 0) is 51.0 Å². The highest BCUT2D eigenvalue weighted by Gasteiger charge is 2.17. The third kappa shape index (κ3) is 4.99. The molecule has 0 bridgehead atoms. The Morgan fingerprint density at radius 1 is 1.48 bits per heavy atom. The smallest absolute Gasteiger partial charge is 0.328 e. The maximum Gasteiger partial charge on any atom is 0.328 e. The Kier molecular flexibility index (Phi) is 5.52. The van der Waals surface area contributed by atoms with Crippen LogP contribution in [0.3, 0.4) is 0 Å². The molecule has 114 valence electrons. The number of carbonyl (C=O) groups excluding carboxylic acids is 1. The second kappa shape index (κ2) is 7.38. The number of carboxylic acid groups (broad SMARTS) is 1. The van der Waals surface area contributed by atoms with Crippen LogP contribution in [0.4, 0.5) is 0 Å². The standard InChI is InChI=1S/C15H20N2O3S/c1-17-6-4-11(5-7-17)9-16-15(20)12-8-13(21-10-12)2-3-14(18)19/h2-3,8,10-11H,4-7,9H2,1H3,(H,16,20)(H,18,19). The van der Waals surface area contributed by atoms with Crippen LogP contribution in [0.1, 0.15) is 28.1 Å². The predicted molar refractivity (Wildman–Crippen MR) is 83.5 cm³/mol. The van der Waals surface area contributed by atoms with E-state index in [-0.39, 0.29) is 5.91 Å². The summed E-state index contributed by atoms with van der Waals surface area (Å²) in [4.78, 5) is 25.6. The SMILES string of the molecule is CN1CCC(CNC(=O)c2csc(C=CC(=O)O)c2)CC1. The Morgan fingerprint density at radius 3 is 2.86 bits per heavy atom. The molecule has 1 aliphatic heterocycles. The zero-order chi connectivity index (χ0) is 15.2. The molecule has 1 saturated heterocycles. The van der Waals surface area contributed by atoms with E-state index in [0.717, 1.165) is 36.9 Å². The molecule has 0 unspecified atom stereocenters. The number of hydrogen-bond donors (Lipinski definition) is 2. The minimum absolute atomic E-state index is 0.0832. The summed E-state index contributed by atoms with van der Waals surface area (Å²) in [6.07, 6.45) is 4.81. The van der Waals surface area contributed by atoms with E-state index in [0.29, 0.717) is 18.0 Å². The fourth-order valence-electron chi connectivity index (χ4n) is 2.32. The fourth-order valence-corrected chi connectivity index (χ4v) is 3.10. The molecule has 0 aliphatic carbocycles. The molecule has 2 heterocycles. The van der Waals surface area contributed by atoms with Crippen molar-refractivity contribution in [1.29, 1.82) is 0 Å². The molecule has 1 aliphatic rings. The Hall–Kier alpha value is -1.66. The highest BCUT2D eigenvalue weighted by atomic mass is 32.1. The minimum atomic E-state index is -0.989. The molecule has 2 rings (SSSR count). The molecule has 1 aromatic heterocycles. The number of carbonyl (C=O) groups is 2. The van der Waals surface area contributed by atoms with Gasteiger partial charge in [0, 0.05) is 22.9 Å². The molecule has 1 amide bonds. The van der Waals surface area contributed by atoms with Crippen LogP contribution in [0.15, 0.2) is 17.5 Å². The second-order valence-electron chi connectivity index (χ2n) is 5.37. The number of thiophene rings is 1. The Balaban J connectivity index is 1.82. The number of amides is 1. The summed E-state index contributed by atoms with van der Waals surface area (Å²) in [7, 11) is 2.12. The number of hydrogen-bond acceptors (Lipinski definition) is 4. The van der Waals surface area contributed by atoms with Gasteiger partial charge in [-0.15, -0.1) is 11.3 Å². The van der Waals surface area contributed by atoms with Crippen LogP contribution in [0, 0.1) is 5.92 Å². The Labute approximate surface area is 128 Å². The largest absolute Gasteiger partial charge is 0.478 e. The molecule has 0 spiro atoms. The fraction of sp³-hybridized carbons (Fsp3) is 0.467. The lowest BCUT2D eigenvalue weighted by Gasteiger charge is -2.28. The van der Waals surface area contributed by atoms with E-state index in [4.69, 9.17) is 5.11 Å². The molecular weight excluding hydrogens is 288 g/mol. The van der Waals surface area contributed by atoms with Gasteiger partial charge in [0.2, 0.25) is 0 Å². The zero-order valence-corrected chi connectivity index (χ0v) is 12.9. The first-order valence-electron chi connectivity index (χ1n) is 7.01. The van der Waals surface area contributed by atoms with Crippen LogP contribution >= 0.6 is 11.3 Å². The average Bonchev–Trinajstić information content (AvgIpc) is 2.93. The number of piperidine rings is 1. The van der Waals surface area contributed by atoms with E-state index in [1.165, 1.54) is 17.4 Å². The van der Waals surface area contributed by atoms with Gasteiger partial charge in [0.05, 0.1) is 5.56 Å². The summed E-state index contributed by atoms with van der Waals surface area (Å²) >= 11 is 1.36. The van der Waals surface area contributed by atoms with Crippen molar-refractivity contribution in [1.82, 2.24) is 10.2 Å². The minimum Gasteiger partial charge on any atom is -0.478 e. The van der Waals surface area contributed by atoms with Gasteiger partial charge in [-0.2, -0.15) is 0 Å². The Bertz CT molecular complexity index is 531. The van der Waals surface area contributed by atoms with Gasteiger partial charge < -0.3 is 15.3 Å². The summed E-state index contributed by atoms with van der Waals surface area (Å²) < 4.78 is 0. The van der Waals surface area contributed by atoms with Gasteiger partial charge in [-0.3, -0.25) is 4.79 Å². The average molecular weight is 308 g/mol. The number of aliphatic carboxylic acids is 1. The van der Waals surface area contributed by atoms with Crippen LogP contribution in [-0.2, 0) is 4.79 Å². The van der Waals surface area contributed by atoms with Crippen molar-refractivity contribution in [2.24, 2.45) is 5.92 Å². The molecule has 1 fully saturated rings. The molecule has 0 radical (unpaired) electrons. The van der Waals surface area contributed by atoms with Crippen molar-refractivity contribution in [3.05, 3.63) is 28.0 Å². The van der Waals surface area contributed by atoms with E-state index >= 15 is 0 Å². The van der Waals surface area contributed by atoms with Crippen molar-refractivity contribution < 1.29 is 14.7 Å². The van der Waals surface area contributed by atoms with Gasteiger partial charge >= 0.3 is 5.97 Å². The first-order chi connectivity index (χ1) is 10.0. The topological polar surface area (TPSA) is 69.6 Å². The lowest BCUT2D eigenvalue weighted by atomic mass is 9.97. The first-order valence-corrected chi connectivity index (χ1v) is 7.89. The third-order valence-corrected chi connectivity index (χ3v) is 4.56. The summed E-state index contributed by atoms with van der Waals surface area (Å²) in [5, 5.41) is 13.3. The van der Waals surface area contributed by atoms with Crippen molar-refractivity contribution >= 4 is 29.3 Å². The first kappa shape index (κ1) is 15.7. The maximum absolute atomic E-state index is 12.0. The van der Waals surface area contributed by atoms with Crippen molar-refractivity contribution in [3.63, 3.8) is 0 Å². The molecule has 0 aromatic carbocycles. The van der Waals surface area contributed by atoms with Crippen molar-refractivity contribution in [2.75, 3.05) is 26.7 Å². The monoisotopic (exact) mass is 308 g/mol. The van der Waals surface area contributed by atoms with Crippen LogP contribution < -0.4 is 5.32 Å². The van der Waals surface area contributed by atoms with Crippen molar-refractivity contribution in [2.45, 2.75) is 12.8 Å². The van der Waals surface area contributed by atoms with Crippen LogP contribution in [0.5, 0.6) is 0 Å². The quantitative estimate of drug-likeness (QED) is 0.815. The van der Waals surface area contributed by atoms with Gasteiger partial charge in [0.15, 0.2) is 0 Å².